The fourth-order valence-electron chi connectivity index (χ4n) is 2.60. The van der Waals surface area contributed by atoms with Crippen molar-refractivity contribution in [1.82, 2.24) is 15.1 Å². The van der Waals surface area contributed by atoms with Gasteiger partial charge in [0.05, 0.1) is 17.8 Å². The molecule has 148 valence electrons. The number of nitrogens with zero attached hydrogens (tertiary/aromatic N) is 2. The first kappa shape index (κ1) is 19.8. The van der Waals surface area contributed by atoms with Crippen LogP contribution in [0.1, 0.15) is 28.4 Å². The number of ether oxygens (including phenoxy) is 2. The molecule has 0 unspecified atom stereocenters. The second kappa shape index (κ2) is 9.32. The van der Waals surface area contributed by atoms with Gasteiger partial charge in [-0.15, -0.1) is 0 Å². The number of aryl methyl sites for hydroxylation is 2. The second-order valence-electron chi connectivity index (χ2n) is 6.14. The summed E-state index contributed by atoms with van der Waals surface area (Å²) in [5.41, 5.74) is 0.796. The van der Waals surface area contributed by atoms with E-state index >= 15 is 0 Å². The predicted molar refractivity (Wildman–Crippen MR) is 105 cm³/mol. The maximum Gasteiger partial charge on any atom is 0.286 e. The summed E-state index contributed by atoms with van der Waals surface area (Å²) in [7, 11) is 1.58. The van der Waals surface area contributed by atoms with Crippen LogP contribution >= 0.6 is 11.6 Å². The Kier molecular flexibility index (Phi) is 6.60. The second-order valence-corrected chi connectivity index (χ2v) is 6.55. The van der Waals surface area contributed by atoms with Gasteiger partial charge >= 0.3 is 0 Å². The lowest BCUT2D eigenvalue weighted by Crippen LogP contribution is -2.24. The van der Waals surface area contributed by atoms with E-state index in [0.717, 1.165) is 12.1 Å². The summed E-state index contributed by atoms with van der Waals surface area (Å²) in [5, 5.41) is 7.75. The zero-order valence-corrected chi connectivity index (χ0v) is 16.5. The number of nitrogens with one attached hydrogen (secondary N) is 1. The Bertz CT molecular complexity index is 916. The van der Waals surface area contributed by atoms with Gasteiger partial charge in [0.1, 0.15) is 12.4 Å². The smallest absolute Gasteiger partial charge is 0.286 e. The first-order valence-corrected chi connectivity index (χ1v) is 9.27. The monoisotopic (exact) mass is 403 g/mol. The zero-order valence-electron chi connectivity index (χ0n) is 15.8. The van der Waals surface area contributed by atoms with Crippen molar-refractivity contribution in [2.45, 2.75) is 26.5 Å². The molecule has 0 aliphatic rings. The summed E-state index contributed by atoms with van der Waals surface area (Å²) in [6, 6.07) is 10.7. The normalized spacial score (nSPS) is 10.7. The van der Waals surface area contributed by atoms with Crippen LogP contribution in [0.4, 0.5) is 0 Å². The molecule has 0 spiro atoms. The van der Waals surface area contributed by atoms with E-state index in [0.29, 0.717) is 35.4 Å². The molecule has 3 rings (SSSR count). The lowest BCUT2D eigenvalue weighted by molar-refractivity contribution is 0.0920. The van der Waals surface area contributed by atoms with Gasteiger partial charge in [-0.25, -0.2) is 0 Å². The first-order valence-electron chi connectivity index (χ1n) is 8.89. The number of furan rings is 1. The topological polar surface area (TPSA) is 78.5 Å². The number of carbonyl (C=O) groups is 1. The number of methoxy groups -OCH3 is 1. The highest BCUT2D eigenvalue weighted by molar-refractivity contribution is 6.31. The minimum absolute atomic E-state index is 0.201. The van der Waals surface area contributed by atoms with Crippen molar-refractivity contribution in [2.75, 3.05) is 13.7 Å². The molecule has 0 fully saturated rings. The van der Waals surface area contributed by atoms with Crippen molar-refractivity contribution in [2.24, 2.45) is 0 Å². The van der Waals surface area contributed by atoms with Crippen LogP contribution in [-0.2, 0) is 13.2 Å². The van der Waals surface area contributed by atoms with Gasteiger partial charge < -0.3 is 19.2 Å². The maximum atomic E-state index is 12.2. The SMILES string of the molecule is COc1ccccc1OCc1ccc(C(=O)NCCCn2cc(Cl)c(C)n2)o1. The van der Waals surface area contributed by atoms with Crippen molar-refractivity contribution in [3.8, 4) is 11.5 Å². The van der Waals surface area contributed by atoms with Crippen LogP contribution in [-0.4, -0.2) is 29.3 Å². The molecule has 0 saturated carbocycles. The van der Waals surface area contributed by atoms with Gasteiger partial charge in [0, 0.05) is 19.3 Å². The van der Waals surface area contributed by atoms with Crippen LogP contribution in [0.15, 0.2) is 47.0 Å². The Morgan fingerprint density at radius 1 is 1.25 bits per heavy atom. The molecule has 28 heavy (non-hydrogen) atoms. The average Bonchev–Trinajstić information content (AvgIpc) is 3.30. The van der Waals surface area contributed by atoms with Gasteiger partial charge in [0.15, 0.2) is 17.3 Å². The molecule has 7 nitrogen and oxygen atoms in total. The molecule has 1 N–H and O–H groups in total. The molecule has 8 heteroatoms. The third kappa shape index (κ3) is 5.07. The minimum Gasteiger partial charge on any atom is -0.493 e. The van der Waals surface area contributed by atoms with E-state index in [9.17, 15) is 4.79 Å². The van der Waals surface area contributed by atoms with Crippen molar-refractivity contribution in [1.29, 1.82) is 0 Å². The molecule has 2 aromatic heterocycles. The summed E-state index contributed by atoms with van der Waals surface area (Å²) in [6.07, 6.45) is 2.51. The van der Waals surface area contributed by atoms with Crippen LogP contribution in [0.3, 0.4) is 0 Å². The third-order valence-electron chi connectivity index (χ3n) is 4.06. The number of halogens is 1. The van der Waals surface area contributed by atoms with Gasteiger partial charge in [-0.2, -0.15) is 5.10 Å². The molecule has 1 amide bonds. The Balaban J connectivity index is 1.44. The molecule has 0 aliphatic heterocycles. The molecule has 3 aromatic rings. The number of para-hydroxylation sites is 2. The predicted octanol–water partition coefficient (Wildman–Crippen LogP) is 3.85. The van der Waals surface area contributed by atoms with E-state index in [1.54, 1.807) is 30.1 Å². The summed E-state index contributed by atoms with van der Waals surface area (Å²) < 4.78 is 18.3. The summed E-state index contributed by atoms with van der Waals surface area (Å²) in [6.45, 7) is 3.23. The van der Waals surface area contributed by atoms with Crippen LogP contribution in [0.2, 0.25) is 5.02 Å². The molecule has 0 bridgehead atoms. The number of benzene rings is 1. The van der Waals surface area contributed by atoms with Crippen molar-refractivity contribution in [3.63, 3.8) is 0 Å². The van der Waals surface area contributed by atoms with E-state index in [1.165, 1.54) is 0 Å². The first-order chi connectivity index (χ1) is 13.6. The highest BCUT2D eigenvalue weighted by Gasteiger charge is 2.12. The molecule has 2 heterocycles. The van der Waals surface area contributed by atoms with E-state index in [-0.39, 0.29) is 18.3 Å². The highest BCUT2D eigenvalue weighted by atomic mass is 35.5. The number of aromatic nitrogens is 2. The average molecular weight is 404 g/mol. The molecule has 0 radical (unpaired) electrons. The molecule has 0 atom stereocenters. The lowest BCUT2D eigenvalue weighted by atomic mass is 10.3. The van der Waals surface area contributed by atoms with Crippen molar-refractivity contribution in [3.05, 3.63) is 64.8 Å². The number of hydrogen-bond acceptors (Lipinski definition) is 5. The molecule has 1 aromatic carbocycles. The maximum absolute atomic E-state index is 12.2. The van der Waals surface area contributed by atoms with E-state index in [2.05, 4.69) is 10.4 Å². The molecule has 0 aliphatic carbocycles. The van der Waals surface area contributed by atoms with Gasteiger partial charge in [-0.3, -0.25) is 9.48 Å². The standard InChI is InChI=1S/C20H22ClN3O4/c1-14-16(21)12-24(23-14)11-5-10-22-20(25)19-9-8-15(28-19)13-27-18-7-4-3-6-17(18)26-2/h3-4,6-9,12H,5,10-11,13H2,1-2H3,(H,22,25). The van der Waals surface area contributed by atoms with Gasteiger partial charge in [-0.1, -0.05) is 23.7 Å². The van der Waals surface area contributed by atoms with Crippen LogP contribution < -0.4 is 14.8 Å². The number of carbonyl (C=O) groups excluding carboxylic acids is 1. The van der Waals surface area contributed by atoms with Crippen LogP contribution in [0.25, 0.3) is 0 Å². The Labute approximate surface area is 168 Å². The van der Waals surface area contributed by atoms with Gasteiger partial charge in [0.2, 0.25) is 0 Å². The highest BCUT2D eigenvalue weighted by Crippen LogP contribution is 2.26. The summed E-state index contributed by atoms with van der Waals surface area (Å²) in [5.74, 6) is 1.79. The zero-order chi connectivity index (χ0) is 19.9. The third-order valence-corrected chi connectivity index (χ3v) is 4.43. The van der Waals surface area contributed by atoms with E-state index < -0.39 is 0 Å². The van der Waals surface area contributed by atoms with Crippen LogP contribution in [0.5, 0.6) is 11.5 Å². The number of hydrogen-bond donors (Lipinski definition) is 1. The van der Waals surface area contributed by atoms with Crippen molar-refractivity contribution >= 4 is 17.5 Å². The minimum atomic E-state index is -0.266. The fourth-order valence-corrected chi connectivity index (χ4v) is 2.75. The molecular weight excluding hydrogens is 382 g/mol. The Hall–Kier alpha value is -2.93. The lowest BCUT2D eigenvalue weighted by Gasteiger charge is -2.08. The summed E-state index contributed by atoms with van der Waals surface area (Å²) in [4.78, 5) is 12.2. The van der Waals surface area contributed by atoms with Gasteiger partial charge in [-0.05, 0) is 37.6 Å². The van der Waals surface area contributed by atoms with E-state index in [1.807, 2.05) is 31.2 Å². The van der Waals surface area contributed by atoms with Crippen LogP contribution in [0, 0.1) is 6.92 Å². The largest absolute Gasteiger partial charge is 0.493 e. The molecule has 0 saturated heterocycles. The Morgan fingerprint density at radius 3 is 2.75 bits per heavy atom. The van der Waals surface area contributed by atoms with Crippen molar-refractivity contribution < 1.29 is 18.7 Å². The fraction of sp³-hybridized carbons (Fsp3) is 0.300. The molecular formula is C20H22ClN3O4. The quantitative estimate of drug-likeness (QED) is 0.549. The number of rotatable bonds is 9. The Morgan fingerprint density at radius 2 is 2.04 bits per heavy atom. The van der Waals surface area contributed by atoms with E-state index in [4.69, 9.17) is 25.5 Å². The summed E-state index contributed by atoms with van der Waals surface area (Å²) >= 11 is 5.97. The van der Waals surface area contributed by atoms with Gasteiger partial charge in [0.25, 0.3) is 5.91 Å². The number of amides is 1.